The van der Waals surface area contributed by atoms with Gasteiger partial charge in [0.25, 0.3) is 11.8 Å². The zero-order valence-electron chi connectivity index (χ0n) is 25.3. The number of fused-ring (bicyclic) bond motifs is 5. The van der Waals surface area contributed by atoms with Crippen molar-refractivity contribution in [3.8, 4) is 5.75 Å². The highest BCUT2D eigenvalue weighted by atomic mass is 16.5. The Morgan fingerprint density at radius 3 is 2.77 bits per heavy atom. The van der Waals surface area contributed by atoms with Gasteiger partial charge in [-0.1, -0.05) is 35.5 Å². The number of aromatic nitrogens is 3. The molecule has 5 rings (SSSR count). The van der Waals surface area contributed by atoms with Gasteiger partial charge in [0.1, 0.15) is 17.2 Å². The van der Waals surface area contributed by atoms with Crippen molar-refractivity contribution in [2.45, 2.75) is 46.2 Å². The summed E-state index contributed by atoms with van der Waals surface area (Å²) in [4.78, 5) is 40.8. The normalized spacial score (nSPS) is 17.8. The van der Waals surface area contributed by atoms with Gasteiger partial charge in [-0.15, -0.1) is 0 Å². The smallest absolute Gasteiger partial charge is 0.270 e. The van der Waals surface area contributed by atoms with Crippen molar-refractivity contribution >= 4 is 28.6 Å². The molecule has 3 N–H and O–H groups in total. The van der Waals surface area contributed by atoms with Crippen LogP contribution >= 0.6 is 0 Å². The summed E-state index contributed by atoms with van der Waals surface area (Å²) in [6.45, 7) is 4.73. The van der Waals surface area contributed by atoms with Crippen LogP contribution in [0.3, 0.4) is 0 Å². The standard InChI is InChI=1S/C32H38N6O6/c1-21-26(22(2)44-37-21)18-34-31(41)32(12-7-15-42-3)17-23-8-6-9-24(16-23)43-19-28(39)33-13-14-38-29(30(40)35-20-32)25-10-4-5-11-27(25)36-38/h4-6,8-11,16H,7,12-15,17-20H2,1-3H3,(H,33,39)(H,34,41)(H,35,40). The number of methoxy groups -OCH3 is 1. The molecule has 12 nitrogen and oxygen atoms in total. The highest BCUT2D eigenvalue weighted by molar-refractivity contribution is 6.05. The number of hydrogen-bond donors (Lipinski definition) is 3. The maximum atomic E-state index is 14.3. The summed E-state index contributed by atoms with van der Waals surface area (Å²) < 4.78 is 18.0. The molecular formula is C32H38N6O6. The molecule has 44 heavy (non-hydrogen) atoms. The molecule has 0 spiro atoms. The predicted octanol–water partition coefficient (Wildman–Crippen LogP) is 2.85. The first-order valence-corrected chi connectivity index (χ1v) is 14.7. The molecule has 2 bridgehead atoms. The fraction of sp³-hybridized carbons (Fsp3) is 0.406. The summed E-state index contributed by atoms with van der Waals surface area (Å²) in [5.41, 5.74) is 2.31. The van der Waals surface area contributed by atoms with Gasteiger partial charge in [0.05, 0.1) is 23.2 Å². The van der Waals surface area contributed by atoms with Crippen LogP contribution in [0.1, 0.15) is 45.9 Å². The van der Waals surface area contributed by atoms with Gasteiger partial charge in [-0.3, -0.25) is 19.1 Å². The van der Waals surface area contributed by atoms with E-state index in [0.717, 1.165) is 11.1 Å². The fourth-order valence-electron chi connectivity index (χ4n) is 5.63. The largest absolute Gasteiger partial charge is 0.484 e. The lowest BCUT2D eigenvalue weighted by atomic mass is 9.76. The highest BCUT2D eigenvalue weighted by Crippen LogP contribution is 2.31. The minimum atomic E-state index is -1.05. The highest BCUT2D eigenvalue weighted by Gasteiger charge is 2.39. The average molecular weight is 603 g/mol. The molecule has 1 unspecified atom stereocenters. The van der Waals surface area contributed by atoms with Gasteiger partial charge in [-0.25, -0.2) is 0 Å². The molecule has 0 aliphatic carbocycles. The van der Waals surface area contributed by atoms with Gasteiger partial charge < -0.3 is 29.9 Å². The third kappa shape index (κ3) is 6.91. The summed E-state index contributed by atoms with van der Waals surface area (Å²) in [6.07, 6.45) is 1.32. The van der Waals surface area contributed by atoms with Crippen molar-refractivity contribution in [1.29, 1.82) is 0 Å². The Hall–Kier alpha value is -4.71. The van der Waals surface area contributed by atoms with Crippen LogP contribution in [0.5, 0.6) is 5.75 Å². The number of nitrogens with one attached hydrogen (secondary N) is 3. The Morgan fingerprint density at radius 1 is 1.14 bits per heavy atom. The number of benzene rings is 2. The van der Waals surface area contributed by atoms with Crippen molar-refractivity contribution in [1.82, 2.24) is 30.9 Å². The minimum Gasteiger partial charge on any atom is -0.484 e. The number of nitrogens with zero attached hydrogens (tertiary/aromatic N) is 3. The van der Waals surface area contributed by atoms with E-state index in [-0.39, 0.29) is 50.5 Å². The monoisotopic (exact) mass is 602 g/mol. The molecule has 1 atom stereocenters. The Labute approximate surface area is 255 Å². The first-order valence-electron chi connectivity index (χ1n) is 14.7. The van der Waals surface area contributed by atoms with E-state index in [9.17, 15) is 14.4 Å². The molecule has 0 radical (unpaired) electrons. The molecule has 2 aromatic carbocycles. The number of amides is 3. The summed E-state index contributed by atoms with van der Waals surface area (Å²) in [7, 11) is 1.62. The molecule has 0 saturated heterocycles. The second-order valence-corrected chi connectivity index (χ2v) is 11.1. The van der Waals surface area contributed by atoms with Crippen LogP contribution in [0.2, 0.25) is 0 Å². The van der Waals surface area contributed by atoms with Crippen LogP contribution in [-0.4, -0.2) is 66.1 Å². The topological polar surface area (TPSA) is 150 Å². The third-order valence-electron chi connectivity index (χ3n) is 8.00. The van der Waals surface area contributed by atoms with Crippen LogP contribution in [0.25, 0.3) is 10.9 Å². The van der Waals surface area contributed by atoms with E-state index in [1.165, 1.54) is 0 Å². The lowest BCUT2D eigenvalue weighted by molar-refractivity contribution is -0.131. The summed E-state index contributed by atoms with van der Waals surface area (Å²) >= 11 is 0. The second kappa shape index (κ2) is 13.7. The van der Waals surface area contributed by atoms with Crippen LogP contribution in [0.15, 0.2) is 53.1 Å². The predicted molar refractivity (Wildman–Crippen MR) is 162 cm³/mol. The number of hydrogen-bond acceptors (Lipinski definition) is 8. The summed E-state index contributed by atoms with van der Waals surface area (Å²) in [5, 5.41) is 18.3. The Morgan fingerprint density at radius 2 is 1.98 bits per heavy atom. The number of aryl methyl sites for hydroxylation is 2. The SMILES string of the molecule is COCCCC1(C(=O)NCc2c(C)noc2C)CNC(=O)c2c3ccccc3nn2CCNC(=O)COc2cccc(c2)C1. The second-order valence-electron chi connectivity index (χ2n) is 11.1. The van der Waals surface area contributed by atoms with Crippen molar-refractivity contribution in [2.24, 2.45) is 5.41 Å². The van der Waals surface area contributed by atoms with Crippen molar-refractivity contribution in [3.05, 3.63) is 76.8 Å². The fourth-order valence-corrected chi connectivity index (χ4v) is 5.63. The molecule has 2 aromatic heterocycles. The molecule has 1 aliphatic rings. The van der Waals surface area contributed by atoms with E-state index >= 15 is 0 Å². The minimum absolute atomic E-state index is 0.0598. The van der Waals surface area contributed by atoms with E-state index in [1.807, 2.05) is 56.3 Å². The van der Waals surface area contributed by atoms with Gasteiger partial charge in [-0.2, -0.15) is 5.10 Å². The quantitative estimate of drug-likeness (QED) is 0.274. The van der Waals surface area contributed by atoms with Crippen molar-refractivity contribution in [3.63, 3.8) is 0 Å². The van der Waals surface area contributed by atoms with E-state index in [2.05, 4.69) is 26.2 Å². The van der Waals surface area contributed by atoms with Gasteiger partial charge in [0, 0.05) is 44.3 Å². The van der Waals surface area contributed by atoms with Crippen LogP contribution in [-0.2, 0) is 33.8 Å². The van der Waals surface area contributed by atoms with Gasteiger partial charge in [0.15, 0.2) is 6.61 Å². The lowest BCUT2D eigenvalue weighted by Crippen LogP contribution is -2.50. The Kier molecular flexibility index (Phi) is 9.59. The molecule has 12 heteroatoms. The van der Waals surface area contributed by atoms with Crippen LogP contribution < -0.4 is 20.7 Å². The van der Waals surface area contributed by atoms with Gasteiger partial charge in [0.2, 0.25) is 5.91 Å². The molecule has 3 amide bonds. The molecule has 0 saturated carbocycles. The summed E-state index contributed by atoms with van der Waals surface area (Å²) in [6, 6.07) is 14.7. The van der Waals surface area contributed by atoms with Crippen molar-refractivity contribution < 1.29 is 28.4 Å². The molecule has 4 aromatic rings. The zero-order chi connectivity index (χ0) is 31.1. The number of carbonyl (C=O) groups is 3. The number of carbonyl (C=O) groups excluding carboxylic acids is 3. The maximum Gasteiger partial charge on any atom is 0.270 e. The van der Waals surface area contributed by atoms with Gasteiger partial charge >= 0.3 is 0 Å². The first kappa shape index (κ1) is 30.7. The van der Waals surface area contributed by atoms with E-state index in [0.29, 0.717) is 59.7 Å². The molecule has 0 fully saturated rings. The molecule has 3 heterocycles. The Balaban J connectivity index is 1.54. The molecule has 1 aliphatic heterocycles. The zero-order valence-corrected chi connectivity index (χ0v) is 25.3. The summed E-state index contributed by atoms with van der Waals surface area (Å²) in [5.74, 6) is 0.272. The third-order valence-corrected chi connectivity index (χ3v) is 8.00. The Bertz CT molecular complexity index is 1630. The molecular weight excluding hydrogens is 564 g/mol. The van der Waals surface area contributed by atoms with E-state index < -0.39 is 5.41 Å². The van der Waals surface area contributed by atoms with Gasteiger partial charge in [-0.05, 0) is 56.9 Å². The van der Waals surface area contributed by atoms with Crippen molar-refractivity contribution in [2.75, 3.05) is 33.4 Å². The van der Waals surface area contributed by atoms with Crippen LogP contribution in [0, 0.1) is 19.3 Å². The molecule has 232 valence electrons. The number of rotatable bonds is 7. The van der Waals surface area contributed by atoms with E-state index in [4.69, 9.17) is 14.0 Å². The first-order chi connectivity index (χ1) is 21.3. The van der Waals surface area contributed by atoms with Crippen LogP contribution in [0.4, 0.5) is 0 Å². The van der Waals surface area contributed by atoms with E-state index in [1.54, 1.807) is 17.9 Å². The maximum absolute atomic E-state index is 14.3. The average Bonchev–Trinajstić information content (AvgIpc) is 3.55. The lowest BCUT2D eigenvalue weighted by Gasteiger charge is -2.33. The number of ether oxygens (including phenoxy) is 2.